The lowest BCUT2D eigenvalue weighted by Gasteiger charge is -2.19. The monoisotopic (exact) mass is 275 g/mol. The van der Waals surface area contributed by atoms with Gasteiger partial charge in [-0.15, -0.1) is 0 Å². The second kappa shape index (κ2) is 5.28. The Kier molecular flexibility index (Phi) is 3.71. The van der Waals surface area contributed by atoms with Crippen molar-refractivity contribution in [2.24, 2.45) is 0 Å². The van der Waals surface area contributed by atoms with E-state index >= 15 is 0 Å². The largest absolute Gasteiger partial charge is 0.396 e. The topological polar surface area (TPSA) is 59.2 Å². The van der Waals surface area contributed by atoms with Crippen molar-refractivity contribution in [3.05, 3.63) is 52.8 Å². The number of aryl methyl sites for hydroxylation is 1. The number of amides is 1. The second-order valence-corrected chi connectivity index (χ2v) is 4.61. The van der Waals surface area contributed by atoms with Crippen molar-refractivity contribution < 1.29 is 4.79 Å². The van der Waals surface area contributed by atoms with E-state index in [1.54, 1.807) is 31.4 Å². The van der Waals surface area contributed by atoms with Gasteiger partial charge in [0, 0.05) is 13.2 Å². The predicted octanol–water partition coefficient (Wildman–Crippen LogP) is 2.90. The average molecular weight is 276 g/mol. The lowest BCUT2D eigenvalue weighted by molar-refractivity contribution is 0.0993. The minimum atomic E-state index is -0.202. The predicted molar refractivity (Wildman–Crippen MR) is 77.6 cm³/mol. The first-order valence-electron chi connectivity index (χ1n) is 5.75. The van der Waals surface area contributed by atoms with Crippen LogP contribution in [0.5, 0.6) is 0 Å². The van der Waals surface area contributed by atoms with Gasteiger partial charge >= 0.3 is 0 Å². The standard InChI is InChI=1S/C14H14ClN3O/c1-9-4-3-5-10(13(9)15)14(19)18(2)12-6-7-17-8-11(12)16/h3-8H,16H2,1-2H3. The molecule has 0 aliphatic carbocycles. The van der Waals surface area contributed by atoms with Crippen LogP contribution < -0.4 is 10.6 Å². The molecule has 0 unspecified atom stereocenters. The number of carbonyl (C=O) groups excluding carboxylic acids is 1. The van der Waals surface area contributed by atoms with Crippen LogP contribution in [-0.2, 0) is 0 Å². The third-order valence-corrected chi connectivity index (χ3v) is 3.42. The highest BCUT2D eigenvalue weighted by atomic mass is 35.5. The van der Waals surface area contributed by atoms with E-state index in [1.165, 1.54) is 11.1 Å². The zero-order valence-electron chi connectivity index (χ0n) is 10.7. The molecule has 0 aliphatic rings. The van der Waals surface area contributed by atoms with Gasteiger partial charge in [-0.05, 0) is 24.6 Å². The highest BCUT2D eigenvalue weighted by molar-refractivity contribution is 6.35. The van der Waals surface area contributed by atoms with Crippen molar-refractivity contribution in [3.63, 3.8) is 0 Å². The molecule has 0 spiro atoms. The SMILES string of the molecule is Cc1cccc(C(=O)N(C)c2ccncc2N)c1Cl. The minimum absolute atomic E-state index is 0.202. The van der Waals surface area contributed by atoms with Crippen LogP contribution in [0.1, 0.15) is 15.9 Å². The Morgan fingerprint density at radius 2 is 2.11 bits per heavy atom. The Hall–Kier alpha value is -2.07. The summed E-state index contributed by atoms with van der Waals surface area (Å²) in [5.41, 5.74) is 8.19. The summed E-state index contributed by atoms with van der Waals surface area (Å²) in [5, 5.41) is 0.465. The molecule has 2 rings (SSSR count). The zero-order chi connectivity index (χ0) is 14.0. The number of rotatable bonds is 2. The maximum absolute atomic E-state index is 12.4. The molecule has 2 aromatic rings. The van der Waals surface area contributed by atoms with Gasteiger partial charge in [0.2, 0.25) is 0 Å². The van der Waals surface area contributed by atoms with Gasteiger partial charge in [-0.1, -0.05) is 23.7 Å². The maximum Gasteiger partial charge on any atom is 0.259 e. The van der Waals surface area contributed by atoms with Gasteiger partial charge in [0.05, 0.1) is 28.2 Å². The molecule has 0 aliphatic heterocycles. The third kappa shape index (κ3) is 2.53. The Balaban J connectivity index is 2.40. The van der Waals surface area contributed by atoms with Crippen molar-refractivity contribution in [2.75, 3.05) is 17.7 Å². The molecule has 4 nitrogen and oxygen atoms in total. The van der Waals surface area contributed by atoms with Crippen LogP contribution in [0, 0.1) is 6.92 Å². The molecule has 0 bridgehead atoms. The summed E-state index contributed by atoms with van der Waals surface area (Å²) in [5.74, 6) is -0.202. The number of halogens is 1. The second-order valence-electron chi connectivity index (χ2n) is 4.24. The fraction of sp³-hybridized carbons (Fsp3) is 0.143. The Labute approximate surface area is 116 Å². The van der Waals surface area contributed by atoms with Crippen LogP contribution in [0.4, 0.5) is 11.4 Å². The first-order chi connectivity index (χ1) is 9.02. The molecule has 1 amide bonds. The van der Waals surface area contributed by atoms with Crippen LogP contribution in [0.25, 0.3) is 0 Å². The lowest BCUT2D eigenvalue weighted by atomic mass is 10.1. The molecule has 0 saturated carbocycles. The van der Waals surface area contributed by atoms with E-state index in [-0.39, 0.29) is 5.91 Å². The zero-order valence-corrected chi connectivity index (χ0v) is 11.5. The molecule has 1 heterocycles. The molecular formula is C14H14ClN3O. The van der Waals surface area contributed by atoms with Crippen molar-refractivity contribution in [1.29, 1.82) is 0 Å². The van der Waals surface area contributed by atoms with Crippen molar-refractivity contribution in [3.8, 4) is 0 Å². The summed E-state index contributed by atoms with van der Waals surface area (Å²) in [7, 11) is 1.66. The third-order valence-electron chi connectivity index (χ3n) is 2.92. The number of nitrogens with two attached hydrogens (primary N) is 1. The van der Waals surface area contributed by atoms with Gasteiger partial charge in [-0.3, -0.25) is 9.78 Å². The van der Waals surface area contributed by atoms with Gasteiger partial charge in [-0.2, -0.15) is 0 Å². The number of nitrogen functional groups attached to an aromatic ring is 1. The number of pyridine rings is 1. The number of carbonyl (C=O) groups is 1. The highest BCUT2D eigenvalue weighted by Gasteiger charge is 2.18. The summed E-state index contributed by atoms with van der Waals surface area (Å²) in [4.78, 5) is 17.8. The molecular weight excluding hydrogens is 262 g/mol. The lowest BCUT2D eigenvalue weighted by Crippen LogP contribution is -2.27. The number of hydrogen-bond acceptors (Lipinski definition) is 3. The molecule has 0 saturated heterocycles. The van der Waals surface area contributed by atoms with Gasteiger partial charge < -0.3 is 10.6 Å². The van der Waals surface area contributed by atoms with Crippen LogP contribution in [0.3, 0.4) is 0 Å². The molecule has 1 aromatic carbocycles. The molecule has 2 N–H and O–H groups in total. The molecule has 0 atom stereocenters. The quantitative estimate of drug-likeness (QED) is 0.917. The van der Waals surface area contributed by atoms with Crippen LogP contribution in [-0.4, -0.2) is 17.9 Å². The molecule has 1 aromatic heterocycles. The summed E-state index contributed by atoms with van der Waals surface area (Å²) < 4.78 is 0. The maximum atomic E-state index is 12.4. The van der Waals surface area contributed by atoms with E-state index in [2.05, 4.69) is 4.98 Å². The van der Waals surface area contributed by atoms with E-state index < -0.39 is 0 Å². The smallest absolute Gasteiger partial charge is 0.259 e. The molecule has 98 valence electrons. The Bertz CT molecular complexity index is 628. The first-order valence-corrected chi connectivity index (χ1v) is 6.13. The number of anilines is 2. The Morgan fingerprint density at radius 3 is 2.79 bits per heavy atom. The van der Waals surface area contributed by atoms with Gasteiger partial charge in [-0.25, -0.2) is 0 Å². The van der Waals surface area contributed by atoms with Crippen molar-refractivity contribution in [1.82, 2.24) is 4.98 Å². The van der Waals surface area contributed by atoms with Crippen LogP contribution >= 0.6 is 11.6 Å². The van der Waals surface area contributed by atoms with Gasteiger partial charge in [0.1, 0.15) is 0 Å². The minimum Gasteiger partial charge on any atom is -0.396 e. The number of aromatic nitrogens is 1. The fourth-order valence-corrected chi connectivity index (χ4v) is 2.01. The number of hydrogen-bond donors (Lipinski definition) is 1. The van der Waals surface area contributed by atoms with E-state index in [0.717, 1.165) is 5.56 Å². The van der Waals surface area contributed by atoms with E-state index in [9.17, 15) is 4.79 Å². The Morgan fingerprint density at radius 1 is 1.37 bits per heavy atom. The van der Waals surface area contributed by atoms with E-state index in [1.807, 2.05) is 13.0 Å². The fourth-order valence-electron chi connectivity index (χ4n) is 1.81. The molecule has 0 radical (unpaired) electrons. The number of nitrogens with zero attached hydrogens (tertiary/aromatic N) is 2. The van der Waals surface area contributed by atoms with Crippen molar-refractivity contribution in [2.45, 2.75) is 6.92 Å². The summed E-state index contributed by atoms with van der Waals surface area (Å²) in [6.07, 6.45) is 3.10. The van der Waals surface area contributed by atoms with E-state index in [0.29, 0.717) is 22.0 Å². The van der Waals surface area contributed by atoms with Gasteiger partial charge in [0.25, 0.3) is 5.91 Å². The van der Waals surface area contributed by atoms with E-state index in [4.69, 9.17) is 17.3 Å². The average Bonchev–Trinajstić information content (AvgIpc) is 2.41. The van der Waals surface area contributed by atoms with Crippen LogP contribution in [0.2, 0.25) is 5.02 Å². The van der Waals surface area contributed by atoms with Gasteiger partial charge in [0.15, 0.2) is 0 Å². The summed E-state index contributed by atoms with van der Waals surface area (Å²) in [6.45, 7) is 1.86. The van der Waals surface area contributed by atoms with Crippen molar-refractivity contribution >= 4 is 28.9 Å². The molecule has 0 fully saturated rings. The summed E-state index contributed by atoms with van der Waals surface area (Å²) in [6, 6.07) is 7.06. The van der Waals surface area contributed by atoms with Crippen LogP contribution in [0.15, 0.2) is 36.7 Å². The highest BCUT2D eigenvalue weighted by Crippen LogP contribution is 2.26. The number of benzene rings is 1. The summed E-state index contributed by atoms with van der Waals surface area (Å²) >= 11 is 6.17. The molecule has 19 heavy (non-hydrogen) atoms. The first kappa shape index (κ1) is 13.4. The molecule has 5 heteroatoms. The normalized spacial score (nSPS) is 10.3.